The van der Waals surface area contributed by atoms with Crippen molar-refractivity contribution in [2.75, 3.05) is 6.54 Å². The highest BCUT2D eigenvalue weighted by Crippen LogP contribution is 2.25. The molecule has 1 aromatic rings. The fraction of sp³-hybridized carbons (Fsp3) is 0.417. The van der Waals surface area contributed by atoms with Crippen LogP contribution in [0.5, 0.6) is 0 Å². The number of aryl methyl sites for hydroxylation is 2. The molecular weight excluding hydrogens is 316 g/mol. The summed E-state index contributed by atoms with van der Waals surface area (Å²) in [7, 11) is -4.12. The third kappa shape index (κ3) is 3.78. The summed E-state index contributed by atoms with van der Waals surface area (Å²) >= 11 is 0. The molecule has 0 aliphatic rings. The van der Waals surface area contributed by atoms with E-state index in [4.69, 9.17) is 5.11 Å². The highest BCUT2D eigenvalue weighted by Gasteiger charge is 2.32. The molecule has 3 N–H and O–H groups in total. The van der Waals surface area contributed by atoms with E-state index in [9.17, 15) is 28.4 Å². The van der Waals surface area contributed by atoms with Gasteiger partial charge in [0.05, 0.1) is 16.4 Å². The van der Waals surface area contributed by atoms with Gasteiger partial charge in [-0.05, 0) is 32.4 Å². The quantitative estimate of drug-likeness (QED) is 0.502. The van der Waals surface area contributed by atoms with Gasteiger partial charge in [-0.3, -0.25) is 10.1 Å². The van der Waals surface area contributed by atoms with E-state index in [1.54, 1.807) is 0 Å². The number of aliphatic carboxylic acids is 1. The molecule has 1 unspecified atom stereocenters. The van der Waals surface area contributed by atoms with Crippen LogP contribution in [-0.2, 0) is 14.8 Å². The SMILES string of the molecule is Cc1cc(S(=O)(=O)NCC(C)(O)C(=O)O)c(C)cc1[N+](=O)[O-]. The minimum absolute atomic E-state index is 0.139. The largest absolute Gasteiger partial charge is 0.479 e. The van der Waals surface area contributed by atoms with Gasteiger partial charge >= 0.3 is 5.97 Å². The number of hydrogen-bond donors (Lipinski definition) is 3. The Morgan fingerprint density at radius 3 is 2.36 bits per heavy atom. The summed E-state index contributed by atoms with van der Waals surface area (Å²) in [4.78, 5) is 20.7. The van der Waals surface area contributed by atoms with Crippen LogP contribution in [0.2, 0.25) is 0 Å². The van der Waals surface area contributed by atoms with Gasteiger partial charge in [-0.1, -0.05) is 0 Å². The molecule has 1 atom stereocenters. The number of nitro groups is 1. The number of nitro benzene ring substituents is 1. The number of aliphatic hydroxyl groups is 1. The molecule has 0 fully saturated rings. The van der Waals surface area contributed by atoms with Crippen molar-refractivity contribution in [3.63, 3.8) is 0 Å². The third-order valence-electron chi connectivity index (χ3n) is 3.05. The average Bonchev–Trinajstić information content (AvgIpc) is 2.38. The minimum Gasteiger partial charge on any atom is -0.479 e. The fourth-order valence-corrected chi connectivity index (χ4v) is 3.09. The molecule has 0 radical (unpaired) electrons. The number of benzene rings is 1. The second kappa shape index (κ2) is 5.99. The fourth-order valence-electron chi connectivity index (χ4n) is 1.65. The van der Waals surface area contributed by atoms with E-state index in [0.717, 1.165) is 19.1 Å². The first-order valence-corrected chi connectivity index (χ1v) is 7.58. The Hall–Kier alpha value is -2.04. The number of nitrogens with one attached hydrogen (secondary N) is 1. The molecule has 1 aromatic carbocycles. The molecule has 0 heterocycles. The van der Waals surface area contributed by atoms with Crippen LogP contribution in [0.3, 0.4) is 0 Å². The van der Waals surface area contributed by atoms with Gasteiger partial charge in [0.1, 0.15) is 0 Å². The summed E-state index contributed by atoms with van der Waals surface area (Å²) in [5, 5.41) is 29.1. The summed E-state index contributed by atoms with van der Waals surface area (Å²) in [6.45, 7) is 2.99. The first kappa shape index (κ1) is 18.0. The zero-order valence-electron chi connectivity index (χ0n) is 12.2. The first-order chi connectivity index (χ1) is 9.88. The molecule has 22 heavy (non-hydrogen) atoms. The van der Waals surface area contributed by atoms with Crippen molar-refractivity contribution >= 4 is 21.7 Å². The molecule has 0 saturated heterocycles. The summed E-state index contributed by atoms with van der Waals surface area (Å²) in [5.74, 6) is -1.58. The van der Waals surface area contributed by atoms with Gasteiger partial charge in [0, 0.05) is 11.6 Å². The van der Waals surface area contributed by atoms with E-state index in [0.29, 0.717) is 0 Å². The maximum atomic E-state index is 12.2. The lowest BCUT2D eigenvalue weighted by Crippen LogP contribution is -2.46. The number of carbonyl (C=O) groups is 1. The molecule has 1 rings (SSSR count). The van der Waals surface area contributed by atoms with Crippen LogP contribution in [0.4, 0.5) is 5.69 Å². The van der Waals surface area contributed by atoms with Gasteiger partial charge in [-0.25, -0.2) is 17.9 Å². The van der Waals surface area contributed by atoms with Crippen LogP contribution < -0.4 is 4.72 Å². The highest BCUT2D eigenvalue weighted by atomic mass is 32.2. The second-order valence-electron chi connectivity index (χ2n) is 5.06. The van der Waals surface area contributed by atoms with Crippen molar-refractivity contribution in [3.05, 3.63) is 33.4 Å². The molecule has 9 nitrogen and oxygen atoms in total. The van der Waals surface area contributed by atoms with Crippen LogP contribution >= 0.6 is 0 Å². The molecule has 122 valence electrons. The van der Waals surface area contributed by atoms with Gasteiger partial charge in [0.2, 0.25) is 10.0 Å². The smallest absolute Gasteiger partial charge is 0.336 e. The summed E-state index contributed by atoms with van der Waals surface area (Å²) < 4.78 is 26.3. The Bertz CT molecular complexity index is 725. The predicted molar refractivity (Wildman–Crippen MR) is 76.0 cm³/mol. The molecule has 0 amide bonds. The van der Waals surface area contributed by atoms with E-state index < -0.39 is 33.1 Å². The van der Waals surface area contributed by atoms with Crippen molar-refractivity contribution in [2.24, 2.45) is 0 Å². The van der Waals surface area contributed by atoms with E-state index in [2.05, 4.69) is 0 Å². The second-order valence-corrected chi connectivity index (χ2v) is 6.80. The Morgan fingerprint density at radius 2 is 1.91 bits per heavy atom. The molecule has 10 heteroatoms. The highest BCUT2D eigenvalue weighted by molar-refractivity contribution is 7.89. The summed E-state index contributed by atoms with van der Waals surface area (Å²) in [6, 6.07) is 2.25. The van der Waals surface area contributed by atoms with Crippen LogP contribution in [0, 0.1) is 24.0 Å². The monoisotopic (exact) mass is 332 g/mol. The van der Waals surface area contributed by atoms with E-state index in [1.165, 1.54) is 13.8 Å². The Morgan fingerprint density at radius 1 is 1.36 bits per heavy atom. The van der Waals surface area contributed by atoms with Crippen LogP contribution in [-0.4, -0.2) is 41.7 Å². The molecule has 0 bridgehead atoms. The lowest BCUT2D eigenvalue weighted by atomic mass is 10.1. The van der Waals surface area contributed by atoms with Gasteiger partial charge < -0.3 is 10.2 Å². The molecular formula is C12H16N2O7S. The Labute approximate surface area is 126 Å². The molecule has 0 saturated carbocycles. The Balaban J connectivity index is 3.17. The number of sulfonamides is 1. The standard InChI is InChI=1S/C12H16N2O7S/c1-7-5-10(8(2)4-9(7)14(18)19)22(20,21)13-6-12(3,17)11(15)16/h4-5,13,17H,6H2,1-3H3,(H,15,16). The van der Waals surface area contributed by atoms with E-state index in [-0.39, 0.29) is 21.7 Å². The lowest BCUT2D eigenvalue weighted by Gasteiger charge is -2.19. The zero-order valence-corrected chi connectivity index (χ0v) is 13.0. The molecule has 0 aromatic heterocycles. The molecule has 0 spiro atoms. The van der Waals surface area contributed by atoms with Crippen molar-refractivity contribution in [1.29, 1.82) is 0 Å². The van der Waals surface area contributed by atoms with Crippen LogP contribution in [0.25, 0.3) is 0 Å². The normalized spacial score (nSPS) is 14.4. The lowest BCUT2D eigenvalue weighted by molar-refractivity contribution is -0.385. The van der Waals surface area contributed by atoms with Gasteiger partial charge in [-0.15, -0.1) is 0 Å². The van der Waals surface area contributed by atoms with Crippen LogP contribution in [0.1, 0.15) is 18.1 Å². The Kier molecular flexibility index (Phi) is 4.90. The third-order valence-corrected chi connectivity index (χ3v) is 4.59. The van der Waals surface area contributed by atoms with E-state index >= 15 is 0 Å². The maximum Gasteiger partial charge on any atom is 0.336 e. The summed E-state index contributed by atoms with van der Waals surface area (Å²) in [5.41, 5.74) is -2.19. The molecule has 0 aliphatic heterocycles. The average molecular weight is 332 g/mol. The molecule has 0 aliphatic carbocycles. The topological polar surface area (TPSA) is 147 Å². The van der Waals surface area contributed by atoms with Crippen LogP contribution in [0.15, 0.2) is 17.0 Å². The number of hydrogen-bond acceptors (Lipinski definition) is 6. The first-order valence-electron chi connectivity index (χ1n) is 6.09. The van der Waals surface area contributed by atoms with Gasteiger partial charge in [0.25, 0.3) is 5.69 Å². The number of carboxylic acids is 1. The maximum absolute atomic E-state index is 12.2. The predicted octanol–water partition coefficient (Wildman–Crippen LogP) is 0.326. The van der Waals surface area contributed by atoms with Gasteiger partial charge in [0.15, 0.2) is 5.60 Å². The summed E-state index contributed by atoms with van der Waals surface area (Å²) in [6.07, 6.45) is 0. The van der Waals surface area contributed by atoms with Crippen molar-refractivity contribution in [3.8, 4) is 0 Å². The van der Waals surface area contributed by atoms with E-state index in [1.807, 2.05) is 4.72 Å². The van der Waals surface area contributed by atoms with Crippen molar-refractivity contribution in [1.82, 2.24) is 4.72 Å². The number of nitrogens with zero attached hydrogens (tertiary/aromatic N) is 1. The number of carboxylic acid groups (broad SMARTS) is 1. The zero-order chi connectivity index (χ0) is 17.3. The van der Waals surface area contributed by atoms with Gasteiger partial charge in [-0.2, -0.15) is 0 Å². The van der Waals surface area contributed by atoms with Crippen molar-refractivity contribution in [2.45, 2.75) is 31.3 Å². The number of rotatable bonds is 6. The van der Waals surface area contributed by atoms with Crippen molar-refractivity contribution < 1.29 is 28.3 Å². The minimum atomic E-state index is -4.12.